The summed E-state index contributed by atoms with van der Waals surface area (Å²) in [6, 6.07) is 4.56. The molecule has 0 amide bonds. The van der Waals surface area contributed by atoms with Gasteiger partial charge >= 0.3 is 5.97 Å². The highest BCUT2D eigenvalue weighted by Crippen LogP contribution is 2.26. The van der Waals surface area contributed by atoms with Crippen molar-refractivity contribution in [3.05, 3.63) is 41.2 Å². The van der Waals surface area contributed by atoms with Crippen molar-refractivity contribution in [1.29, 1.82) is 0 Å². The zero-order valence-corrected chi connectivity index (χ0v) is 13.1. The molecule has 114 valence electrons. The summed E-state index contributed by atoms with van der Waals surface area (Å²) in [4.78, 5) is 13.0. The third kappa shape index (κ3) is 4.86. The van der Waals surface area contributed by atoms with Crippen molar-refractivity contribution in [3.63, 3.8) is 0 Å². The summed E-state index contributed by atoms with van der Waals surface area (Å²) in [7, 11) is 0. The van der Waals surface area contributed by atoms with Crippen LogP contribution in [0.2, 0.25) is 0 Å². The van der Waals surface area contributed by atoms with Crippen LogP contribution in [-0.2, 0) is 11.3 Å². The SMILES string of the molecule is CC1CN(Cc2ccc(F)cc2C=CC(=O)O)CC(C)S1. The molecule has 21 heavy (non-hydrogen) atoms. The minimum absolute atomic E-state index is 0.347. The number of nitrogens with zero attached hydrogens (tertiary/aromatic N) is 1. The fraction of sp³-hybridized carbons (Fsp3) is 0.438. The number of carboxylic acid groups (broad SMARTS) is 1. The molecule has 1 aromatic rings. The lowest BCUT2D eigenvalue weighted by Gasteiger charge is -2.34. The van der Waals surface area contributed by atoms with Gasteiger partial charge in [0.2, 0.25) is 0 Å². The minimum atomic E-state index is -1.03. The van der Waals surface area contributed by atoms with Gasteiger partial charge in [0, 0.05) is 36.2 Å². The molecule has 2 unspecified atom stereocenters. The molecule has 1 saturated heterocycles. The molecule has 5 heteroatoms. The Labute approximate surface area is 128 Å². The van der Waals surface area contributed by atoms with E-state index in [2.05, 4.69) is 18.7 Å². The molecule has 0 aromatic heterocycles. The maximum Gasteiger partial charge on any atom is 0.328 e. The van der Waals surface area contributed by atoms with Gasteiger partial charge in [0.05, 0.1) is 0 Å². The van der Waals surface area contributed by atoms with Gasteiger partial charge in [-0.3, -0.25) is 4.90 Å². The predicted molar refractivity (Wildman–Crippen MR) is 84.9 cm³/mol. The third-order valence-corrected chi connectivity index (χ3v) is 4.63. The van der Waals surface area contributed by atoms with E-state index in [4.69, 9.17) is 5.11 Å². The molecule has 1 heterocycles. The first-order valence-electron chi connectivity index (χ1n) is 7.01. The smallest absolute Gasteiger partial charge is 0.328 e. The number of carboxylic acids is 1. The van der Waals surface area contributed by atoms with E-state index in [1.54, 1.807) is 6.07 Å². The maximum absolute atomic E-state index is 13.4. The molecule has 0 saturated carbocycles. The summed E-state index contributed by atoms with van der Waals surface area (Å²) < 4.78 is 13.4. The largest absolute Gasteiger partial charge is 0.478 e. The standard InChI is InChI=1S/C16H20FNO2S/c1-11-8-18(9-12(2)21-11)10-14-3-5-15(17)7-13(14)4-6-16(19)20/h3-7,11-12H,8-10H2,1-2H3,(H,19,20). The van der Waals surface area contributed by atoms with Crippen LogP contribution < -0.4 is 0 Å². The second-order valence-electron chi connectivity index (χ2n) is 5.47. The molecule has 0 spiro atoms. The Morgan fingerprint density at radius 1 is 1.43 bits per heavy atom. The average Bonchev–Trinajstić information content (AvgIpc) is 2.37. The van der Waals surface area contributed by atoms with E-state index in [9.17, 15) is 9.18 Å². The van der Waals surface area contributed by atoms with Crippen molar-refractivity contribution < 1.29 is 14.3 Å². The number of thioether (sulfide) groups is 1. The molecule has 1 aliphatic rings. The molecular formula is C16H20FNO2S. The third-order valence-electron chi connectivity index (χ3n) is 3.40. The van der Waals surface area contributed by atoms with Crippen LogP contribution in [0.5, 0.6) is 0 Å². The Bertz CT molecular complexity index is 537. The number of benzene rings is 1. The fourth-order valence-corrected chi connectivity index (χ4v) is 4.07. The van der Waals surface area contributed by atoms with Crippen LogP contribution in [0.3, 0.4) is 0 Å². The van der Waals surface area contributed by atoms with Crippen molar-refractivity contribution in [2.75, 3.05) is 13.1 Å². The second kappa shape index (κ2) is 7.09. The zero-order valence-electron chi connectivity index (χ0n) is 12.3. The van der Waals surface area contributed by atoms with Crippen LogP contribution in [0.4, 0.5) is 4.39 Å². The molecule has 1 aromatic carbocycles. The van der Waals surface area contributed by atoms with Crippen LogP contribution >= 0.6 is 11.8 Å². The molecular weight excluding hydrogens is 289 g/mol. The number of hydrogen-bond acceptors (Lipinski definition) is 3. The molecule has 0 aliphatic carbocycles. The molecule has 1 aliphatic heterocycles. The number of rotatable bonds is 4. The number of hydrogen-bond donors (Lipinski definition) is 1. The van der Waals surface area contributed by atoms with Gasteiger partial charge in [-0.25, -0.2) is 9.18 Å². The highest BCUT2D eigenvalue weighted by molar-refractivity contribution is 8.00. The van der Waals surface area contributed by atoms with Crippen LogP contribution in [0.1, 0.15) is 25.0 Å². The van der Waals surface area contributed by atoms with Crippen molar-refractivity contribution in [2.45, 2.75) is 30.9 Å². The second-order valence-corrected chi connectivity index (χ2v) is 7.35. The first-order chi connectivity index (χ1) is 9.94. The van der Waals surface area contributed by atoms with Gasteiger partial charge in [-0.1, -0.05) is 19.9 Å². The van der Waals surface area contributed by atoms with Gasteiger partial charge in [-0.15, -0.1) is 0 Å². The van der Waals surface area contributed by atoms with Crippen molar-refractivity contribution in [1.82, 2.24) is 4.90 Å². The minimum Gasteiger partial charge on any atom is -0.478 e. The Morgan fingerprint density at radius 3 is 2.71 bits per heavy atom. The van der Waals surface area contributed by atoms with Gasteiger partial charge in [0.25, 0.3) is 0 Å². The lowest BCUT2D eigenvalue weighted by atomic mass is 10.1. The molecule has 2 atom stereocenters. The Balaban J connectivity index is 2.17. The average molecular weight is 309 g/mol. The molecule has 2 rings (SSSR count). The fourth-order valence-electron chi connectivity index (χ4n) is 2.68. The molecule has 3 nitrogen and oxygen atoms in total. The Morgan fingerprint density at radius 2 is 2.10 bits per heavy atom. The van der Waals surface area contributed by atoms with E-state index in [1.165, 1.54) is 18.2 Å². The van der Waals surface area contributed by atoms with Crippen LogP contribution in [-0.4, -0.2) is 39.6 Å². The highest BCUT2D eigenvalue weighted by Gasteiger charge is 2.22. The van der Waals surface area contributed by atoms with E-state index in [1.807, 2.05) is 11.8 Å². The van der Waals surface area contributed by atoms with Crippen molar-refractivity contribution >= 4 is 23.8 Å². The van der Waals surface area contributed by atoms with Gasteiger partial charge in [-0.05, 0) is 29.3 Å². The predicted octanol–water partition coefficient (Wildman–Crippen LogP) is 3.25. The van der Waals surface area contributed by atoms with E-state index >= 15 is 0 Å². The van der Waals surface area contributed by atoms with E-state index in [0.717, 1.165) is 31.3 Å². The molecule has 1 N–H and O–H groups in total. The number of halogens is 1. The van der Waals surface area contributed by atoms with Gasteiger partial charge in [-0.2, -0.15) is 11.8 Å². The topological polar surface area (TPSA) is 40.5 Å². The normalized spacial score (nSPS) is 23.6. The van der Waals surface area contributed by atoms with E-state index in [0.29, 0.717) is 16.1 Å². The highest BCUT2D eigenvalue weighted by atomic mass is 32.2. The summed E-state index contributed by atoms with van der Waals surface area (Å²) in [5.74, 6) is -1.37. The zero-order chi connectivity index (χ0) is 15.4. The first kappa shape index (κ1) is 16.0. The number of aliphatic carboxylic acids is 1. The summed E-state index contributed by atoms with van der Waals surface area (Å²) in [5, 5.41) is 9.88. The maximum atomic E-state index is 13.4. The molecule has 1 fully saturated rings. The quantitative estimate of drug-likeness (QED) is 0.867. The summed E-state index contributed by atoms with van der Waals surface area (Å²) in [6.45, 7) is 7.13. The van der Waals surface area contributed by atoms with Crippen LogP contribution in [0, 0.1) is 5.82 Å². The monoisotopic (exact) mass is 309 g/mol. The van der Waals surface area contributed by atoms with Crippen molar-refractivity contribution in [3.8, 4) is 0 Å². The van der Waals surface area contributed by atoms with E-state index in [-0.39, 0.29) is 5.82 Å². The molecule has 0 bridgehead atoms. The molecule has 0 radical (unpaired) electrons. The van der Waals surface area contributed by atoms with Crippen molar-refractivity contribution in [2.24, 2.45) is 0 Å². The van der Waals surface area contributed by atoms with Gasteiger partial charge in [0.1, 0.15) is 5.82 Å². The van der Waals surface area contributed by atoms with Gasteiger partial charge < -0.3 is 5.11 Å². The Hall–Kier alpha value is -1.33. The summed E-state index contributed by atoms with van der Waals surface area (Å²) >= 11 is 1.98. The van der Waals surface area contributed by atoms with Crippen LogP contribution in [0.25, 0.3) is 6.08 Å². The first-order valence-corrected chi connectivity index (χ1v) is 7.95. The summed E-state index contributed by atoms with van der Waals surface area (Å²) in [6.07, 6.45) is 2.52. The summed E-state index contributed by atoms with van der Waals surface area (Å²) in [5.41, 5.74) is 1.59. The lowest BCUT2D eigenvalue weighted by molar-refractivity contribution is -0.131. The van der Waals surface area contributed by atoms with E-state index < -0.39 is 5.97 Å². The lowest BCUT2D eigenvalue weighted by Crippen LogP contribution is -2.39. The van der Waals surface area contributed by atoms with Gasteiger partial charge in [0.15, 0.2) is 0 Å². The Kier molecular flexibility index (Phi) is 5.42. The van der Waals surface area contributed by atoms with Crippen LogP contribution in [0.15, 0.2) is 24.3 Å². The number of carbonyl (C=O) groups is 1.